The minimum atomic E-state index is -0.722. The number of hydrogen-bond donors (Lipinski definition) is 1. The number of aliphatic carboxylic acids is 1. The molecular formula is C27H29ClN2O2. The van der Waals surface area contributed by atoms with Gasteiger partial charge in [0, 0.05) is 31.0 Å². The summed E-state index contributed by atoms with van der Waals surface area (Å²) < 4.78 is 0. The lowest BCUT2D eigenvalue weighted by molar-refractivity contribution is -0.144. The van der Waals surface area contributed by atoms with Gasteiger partial charge in [-0.05, 0) is 60.1 Å². The van der Waals surface area contributed by atoms with Gasteiger partial charge in [-0.25, -0.2) is 0 Å². The third-order valence-electron chi connectivity index (χ3n) is 6.69. The first-order valence-electron chi connectivity index (χ1n) is 11.2. The van der Waals surface area contributed by atoms with Gasteiger partial charge in [0.25, 0.3) is 0 Å². The van der Waals surface area contributed by atoms with Crippen LogP contribution in [0.2, 0.25) is 0 Å². The number of carboxylic acid groups (broad SMARTS) is 1. The largest absolute Gasteiger partial charge is 0.480 e. The third kappa shape index (κ3) is 4.38. The molecule has 1 atom stereocenters. The smallest absolute Gasteiger partial charge is 0.321 e. The summed E-state index contributed by atoms with van der Waals surface area (Å²) in [6.45, 7) is 2.35. The van der Waals surface area contributed by atoms with Crippen molar-refractivity contribution in [3.05, 3.63) is 95.1 Å². The van der Waals surface area contributed by atoms with E-state index in [2.05, 4.69) is 70.5 Å². The van der Waals surface area contributed by atoms with E-state index in [0.29, 0.717) is 13.0 Å². The Labute approximate surface area is 195 Å². The summed E-state index contributed by atoms with van der Waals surface area (Å²) >= 11 is 0. The highest BCUT2D eigenvalue weighted by Crippen LogP contribution is 2.36. The van der Waals surface area contributed by atoms with Crippen LogP contribution in [0.5, 0.6) is 0 Å². The van der Waals surface area contributed by atoms with E-state index in [1.54, 1.807) is 0 Å². The van der Waals surface area contributed by atoms with E-state index in [4.69, 9.17) is 0 Å². The van der Waals surface area contributed by atoms with Gasteiger partial charge >= 0.3 is 5.97 Å². The molecule has 0 saturated carbocycles. The SMILES string of the molecule is Cl.O=C(O)C1Cc2ccccc2CN1CCCN1c2ccccc2CCc2ccccc21. The van der Waals surface area contributed by atoms with Crippen LogP contribution in [-0.4, -0.2) is 35.1 Å². The number of hydrogen-bond acceptors (Lipinski definition) is 3. The number of aryl methyl sites for hydroxylation is 2. The molecule has 0 saturated heterocycles. The van der Waals surface area contributed by atoms with Gasteiger partial charge in [0.15, 0.2) is 0 Å². The summed E-state index contributed by atoms with van der Waals surface area (Å²) in [6.07, 6.45) is 3.59. The molecule has 0 radical (unpaired) electrons. The fraction of sp³-hybridized carbons (Fsp3) is 0.296. The predicted octanol–water partition coefficient (Wildman–Crippen LogP) is 5.25. The lowest BCUT2D eigenvalue weighted by atomic mass is 9.94. The highest BCUT2D eigenvalue weighted by molar-refractivity contribution is 5.85. The van der Waals surface area contributed by atoms with Crippen molar-refractivity contribution in [3.8, 4) is 0 Å². The zero-order valence-corrected chi connectivity index (χ0v) is 18.9. The molecule has 0 aromatic heterocycles. The molecule has 0 spiro atoms. The van der Waals surface area contributed by atoms with Crippen molar-refractivity contribution in [1.82, 2.24) is 4.90 Å². The fourth-order valence-electron chi connectivity index (χ4n) is 5.10. The van der Waals surface area contributed by atoms with Crippen LogP contribution >= 0.6 is 12.4 Å². The molecule has 2 aliphatic heterocycles. The van der Waals surface area contributed by atoms with Gasteiger partial charge in [0.2, 0.25) is 0 Å². The highest BCUT2D eigenvalue weighted by atomic mass is 35.5. The minimum Gasteiger partial charge on any atom is -0.480 e. The van der Waals surface area contributed by atoms with Gasteiger partial charge in [0.05, 0.1) is 0 Å². The van der Waals surface area contributed by atoms with E-state index in [9.17, 15) is 9.90 Å². The van der Waals surface area contributed by atoms with Crippen LogP contribution in [0.15, 0.2) is 72.8 Å². The molecule has 2 heterocycles. The Balaban J connectivity index is 0.00000245. The zero-order valence-electron chi connectivity index (χ0n) is 18.1. The van der Waals surface area contributed by atoms with Crippen LogP contribution in [0.4, 0.5) is 11.4 Å². The van der Waals surface area contributed by atoms with E-state index in [1.165, 1.54) is 33.6 Å². The molecular weight excluding hydrogens is 420 g/mol. The van der Waals surface area contributed by atoms with E-state index in [1.807, 2.05) is 12.1 Å². The fourth-order valence-corrected chi connectivity index (χ4v) is 5.10. The van der Waals surface area contributed by atoms with Crippen molar-refractivity contribution < 1.29 is 9.90 Å². The Kier molecular flexibility index (Phi) is 6.83. The van der Waals surface area contributed by atoms with Crippen molar-refractivity contribution in [3.63, 3.8) is 0 Å². The Morgan fingerprint density at radius 2 is 1.31 bits per heavy atom. The van der Waals surface area contributed by atoms with Crippen LogP contribution in [-0.2, 0) is 30.6 Å². The van der Waals surface area contributed by atoms with Crippen LogP contribution < -0.4 is 4.90 Å². The second-order valence-electron chi connectivity index (χ2n) is 8.56. The maximum absolute atomic E-state index is 12.0. The van der Waals surface area contributed by atoms with Gasteiger partial charge in [0.1, 0.15) is 6.04 Å². The van der Waals surface area contributed by atoms with Gasteiger partial charge < -0.3 is 10.0 Å². The van der Waals surface area contributed by atoms with Crippen LogP contribution in [0.3, 0.4) is 0 Å². The third-order valence-corrected chi connectivity index (χ3v) is 6.69. The standard InChI is InChI=1S/C27H28N2O2.ClH/c30-27(31)26-18-22-10-1-2-11-23(22)19-28(26)16-7-17-29-24-12-5-3-8-20(24)14-15-21-9-4-6-13-25(21)29;/h1-6,8-13,26H,7,14-19H2,(H,30,31);1H. The second-order valence-corrected chi connectivity index (χ2v) is 8.56. The first kappa shape index (κ1) is 22.4. The Hall–Kier alpha value is -2.82. The van der Waals surface area contributed by atoms with Crippen molar-refractivity contribution >= 4 is 29.8 Å². The average Bonchev–Trinajstić information content (AvgIpc) is 2.96. The minimum absolute atomic E-state index is 0. The number of anilines is 2. The lowest BCUT2D eigenvalue weighted by Crippen LogP contribution is -2.46. The maximum Gasteiger partial charge on any atom is 0.321 e. The Bertz CT molecular complexity index is 1050. The molecule has 0 fully saturated rings. The van der Waals surface area contributed by atoms with Crippen molar-refractivity contribution in [2.24, 2.45) is 0 Å². The molecule has 4 nitrogen and oxygen atoms in total. The van der Waals surface area contributed by atoms with Gasteiger partial charge in [-0.3, -0.25) is 9.69 Å². The summed E-state index contributed by atoms with van der Waals surface area (Å²) in [6, 6.07) is 25.2. The number of carbonyl (C=O) groups is 1. The molecule has 0 amide bonds. The molecule has 3 aromatic carbocycles. The van der Waals surface area contributed by atoms with E-state index in [0.717, 1.165) is 32.4 Å². The quantitative estimate of drug-likeness (QED) is 0.579. The summed E-state index contributed by atoms with van der Waals surface area (Å²) in [4.78, 5) is 16.5. The summed E-state index contributed by atoms with van der Waals surface area (Å²) in [5.41, 5.74) is 7.76. The van der Waals surface area contributed by atoms with Crippen LogP contribution in [0.25, 0.3) is 0 Å². The second kappa shape index (κ2) is 9.76. The molecule has 5 heteroatoms. The van der Waals surface area contributed by atoms with Crippen molar-refractivity contribution in [2.75, 3.05) is 18.0 Å². The van der Waals surface area contributed by atoms with E-state index >= 15 is 0 Å². The average molecular weight is 449 g/mol. The van der Waals surface area contributed by atoms with Gasteiger partial charge in [-0.1, -0.05) is 60.7 Å². The van der Waals surface area contributed by atoms with Crippen molar-refractivity contribution in [2.45, 2.75) is 38.3 Å². The lowest BCUT2D eigenvalue weighted by Gasteiger charge is -2.35. The molecule has 2 aliphatic rings. The monoisotopic (exact) mass is 448 g/mol. The number of carboxylic acids is 1. The summed E-state index contributed by atoms with van der Waals surface area (Å²) in [5, 5.41) is 9.83. The number of halogens is 1. The summed E-state index contributed by atoms with van der Waals surface area (Å²) in [5.74, 6) is -0.722. The molecule has 1 N–H and O–H groups in total. The molecule has 3 aromatic rings. The first-order valence-corrected chi connectivity index (χ1v) is 11.2. The topological polar surface area (TPSA) is 43.8 Å². The molecule has 0 bridgehead atoms. The molecule has 5 rings (SSSR count). The number of nitrogens with zero attached hydrogens (tertiary/aromatic N) is 2. The van der Waals surface area contributed by atoms with E-state index < -0.39 is 12.0 Å². The highest BCUT2D eigenvalue weighted by Gasteiger charge is 2.31. The van der Waals surface area contributed by atoms with Crippen LogP contribution in [0.1, 0.15) is 28.7 Å². The first-order chi connectivity index (χ1) is 15.2. The number of fused-ring (bicyclic) bond motifs is 3. The van der Waals surface area contributed by atoms with Crippen molar-refractivity contribution in [1.29, 1.82) is 0 Å². The molecule has 32 heavy (non-hydrogen) atoms. The Morgan fingerprint density at radius 1 is 0.781 bits per heavy atom. The van der Waals surface area contributed by atoms with E-state index in [-0.39, 0.29) is 12.4 Å². The zero-order chi connectivity index (χ0) is 21.2. The molecule has 0 aliphatic carbocycles. The number of rotatable bonds is 5. The number of para-hydroxylation sites is 2. The summed E-state index contributed by atoms with van der Waals surface area (Å²) in [7, 11) is 0. The van der Waals surface area contributed by atoms with Crippen LogP contribution in [0, 0.1) is 0 Å². The molecule has 1 unspecified atom stereocenters. The molecule has 166 valence electrons. The van der Waals surface area contributed by atoms with Gasteiger partial charge in [-0.2, -0.15) is 0 Å². The Morgan fingerprint density at radius 3 is 1.91 bits per heavy atom. The normalized spacial score (nSPS) is 17.4. The maximum atomic E-state index is 12.0. The predicted molar refractivity (Wildman–Crippen MR) is 131 cm³/mol. The van der Waals surface area contributed by atoms with Gasteiger partial charge in [-0.15, -0.1) is 12.4 Å². The number of benzene rings is 3.